The highest BCUT2D eigenvalue weighted by Crippen LogP contribution is 2.21. The van der Waals surface area contributed by atoms with E-state index in [1.807, 2.05) is 21.1 Å². The Hall–Kier alpha value is -2.75. The van der Waals surface area contributed by atoms with Crippen LogP contribution in [0.1, 0.15) is 450 Å². The molecule has 1 N–H and O–H groups in total. The van der Waals surface area contributed by atoms with Gasteiger partial charge in [0.15, 0.2) is 6.10 Å². The van der Waals surface area contributed by atoms with Gasteiger partial charge >= 0.3 is 17.9 Å². The molecule has 0 rings (SSSR count). The molecule has 0 fully saturated rings. The van der Waals surface area contributed by atoms with Gasteiger partial charge in [-0.05, 0) is 77.0 Å². The van der Waals surface area contributed by atoms with Crippen molar-refractivity contribution in [2.45, 2.75) is 463 Å². The molecule has 2 atom stereocenters. The van der Waals surface area contributed by atoms with Crippen molar-refractivity contribution in [3.63, 3.8) is 0 Å². The Balaban J connectivity index is 3.91. The van der Waals surface area contributed by atoms with E-state index in [0.717, 1.165) is 51.4 Å². The largest absolute Gasteiger partial charge is 0.477 e. The Bertz CT molecular complexity index is 1770. The molecule has 0 saturated carbocycles. The standard InChI is InChI=1S/C90H169NO8/c1-6-8-10-12-14-16-18-20-22-24-26-28-30-32-34-36-38-40-42-44-46-48-50-52-54-56-58-60-62-64-66-68-70-72-74-76-78-80-87(92)97-84-86(85-98-90(89(94)95)96-83-82-91(3,4)5)99-88(93)81-79-77-75-73-71-69-67-65-63-61-59-57-55-53-51-49-47-45-43-41-39-37-35-33-31-29-27-25-23-21-19-17-15-13-11-9-7-2/h18-21,24-27,86,90H,6-17,22-23,28-85H2,1-5H3/p+1/b20-18-,21-19-,26-24-,27-25-. The Morgan fingerprint density at radius 2 is 0.545 bits per heavy atom. The molecule has 0 amide bonds. The zero-order valence-electron chi connectivity index (χ0n) is 66.9. The van der Waals surface area contributed by atoms with Crippen molar-refractivity contribution in [1.82, 2.24) is 0 Å². The predicted molar refractivity (Wildman–Crippen MR) is 429 cm³/mol. The summed E-state index contributed by atoms with van der Waals surface area (Å²) >= 11 is 0. The molecule has 2 unspecified atom stereocenters. The van der Waals surface area contributed by atoms with Crippen molar-refractivity contribution >= 4 is 17.9 Å². The van der Waals surface area contributed by atoms with Gasteiger partial charge in [0, 0.05) is 12.8 Å². The minimum absolute atomic E-state index is 0.175. The fourth-order valence-electron chi connectivity index (χ4n) is 13.4. The van der Waals surface area contributed by atoms with Crippen LogP contribution in [-0.4, -0.2) is 87.4 Å². The molecule has 9 nitrogen and oxygen atoms in total. The van der Waals surface area contributed by atoms with Gasteiger partial charge in [0.05, 0.1) is 34.4 Å². The molecule has 0 aromatic heterocycles. The molecule has 0 spiro atoms. The number of esters is 2. The maximum atomic E-state index is 13.0. The van der Waals surface area contributed by atoms with Crippen LogP contribution in [0.25, 0.3) is 0 Å². The molecule has 9 heteroatoms. The van der Waals surface area contributed by atoms with Crippen LogP contribution in [0.5, 0.6) is 0 Å². The molecule has 582 valence electrons. The lowest BCUT2D eigenvalue weighted by Gasteiger charge is -2.25. The van der Waals surface area contributed by atoms with Gasteiger partial charge in [-0.3, -0.25) is 9.59 Å². The number of likely N-dealkylation sites (N-methyl/N-ethyl adjacent to an activating group) is 1. The third kappa shape index (κ3) is 82.4. The third-order valence-electron chi connectivity index (χ3n) is 20.1. The number of aliphatic carboxylic acids is 1. The van der Waals surface area contributed by atoms with Gasteiger partial charge in [-0.2, -0.15) is 0 Å². The number of carbonyl (C=O) groups is 3. The summed E-state index contributed by atoms with van der Waals surface area (Å²) in [7, 11) is 6.00. The third-order valence-corrected chi connectivity index (χ3v) is 20.1. The van der Waals surface area contributed by atoms with Crippen molar-refractivity contribution in [2.24, 2.45) is 0 Å². The summed E-state index contributed by atoms with van der Waals surface area (Å²) in [6.45, 7) is 4.94. The van der Waals surface area contributed by atoms with E-state index in [4.69, 9.17) is 18.9 Å². The maximum Gasteiger partial charge on any atom is 0.361 e. The number of carboxylic acid groups (broad SMARTS) is 1. The van der Waals surface area contributed by atoms with Gasteiger partial charge in [-0.25, -0.2) is 4.79 Å². The summed E-state index contributed by atoms with van der Waals surface area (Å²) in [5.74, 6) is -1.97. The molecule has 0 aliphatic carbocycles. The molecule has 0 bridgehead atoms. The quantitative estimate of drug-likeness (QED) is 0.0211. The highest BCUT2D eigenvalue weighted by Gasteiger charge is 2.25. The first-order chi connectivity index (χ1) is 48.6. The van der Waals surface area contributed by atoms with Crippen LogP contribution in [0.15, 0.2) is 48.6 Å². The average molecular weight is 1390 g/mol. The number of rotatable bonds is 83. The summed E-state index contributed by atoms with van der Waals surface area (Å²) in [5, 5.41) is 9.79. The number of hydrogen-bond acceptors (Lipinski definition) is 7. The fourth-order valence-corrected chi connectivity index (χ4v) is 13.4. The van der Waals surface area contributed by atoms with Crippen LogP contribution >= 0.6 is 0 Å². The van der Waals surface area contributed by atoms with E-state index in [0.29, 0.717) is 17.4 Å². The zero-order chi connectivity index (χ0) is 71.8. The smallest absolute Gasteiger partial charge is 0.361 e. The first-order valence-corrected chi connectivity index (χ1v) is 43.8. The number of hydrogen-bond donors (Lipinski definition) is 1. The number of carboxylic acids is 1. The molecule has 99 heavy (non-hydrogen) atoms. The second kappa shape index (κ2) is 80.9. The summed E-state index contributed by atoms with van der Waals surface area (Å²) in [4.78, 5) is 37.8. The van der Waals surface area contributed by atoms with Gasteiger partial charge in [0.2, 0.25) is 0 Å². The second-order valence-electron chi connectivity index (χ2n) is 31.2. The van der Waals surface area contributed by atoms with E-state index in [1.54, 1.807) is 0 Å². The number of carbonyl (C=O) groups excluding carboxylic acids is 2. The average Bonchev–Trinajstić information content (AvgIpc) is 1.41. The van der Waals surface area contributed by atoms with Gasteiger partial charge in [0.1, 0.15) is 13.2 Å². The zero-order valence-corrected chi connectivity index (χ0v) is 66.9. The normalized spacial score (nSPS) is 12.8. The minimum Gasteiger partial charge on any atom is -0.477 e. The van der Waals surface area contributed by atoms with Crippen molar-refractivity contribution in [2.75, 3.05) is 47.5 Å². The van der Waals surface area contributed by atoms with Crippen LogP contribution in [0.4, 0.5) is 0 Å². The first-order valence-electron chi connectivity index (χ1n) is 43.8. The van der Waals surface area contributed by atoms with E-state index in [9.17, 15) is 19.5 Å². The molecular formula is C90H170NO8+. The first kappa shape index (κ1) is 96.2. The van der Waals surface area contributed by atoms with Gasteiger partial charge in [0.25, 0.3) is 6.29 Å². The summed E-state index contributed by atoms with van der Waals surface area (Å²) in [5.41, 5.74) is 0. The highest BCUT2D eigenvalue weighted by molar-refractivity contribution is 5.71. The lowest BCUT2D eigenvalue weighted by molar-refractivity contribution is -0.870. The lowest BCUT2D eigenvalue weighted by Crippen LogP contribution is -2.40. The van der Waals surface area contributed by atoms with Crippen LogP contribution in [-0.2, 0) is 33.3 Å². The Labute approximate surface area is 616 Å². The Morgan fingerprint density at radius 3 is 0.798 bits per heavy atom. The fraction of sp³-hybridized carbons (Fsp3) is 0.878. The van der Waals surface area contributed by atoms with E-state index >= 15 is 0 Å². The second-order valence-corrected chi connectivity index (χ2v) is 31.2. The maximum absolute atomic E-state index is 13.0. The number of quaternary nitrogens is 1. The van der Waals surface area contributed by atoms with E-state index in [2.05, 4.69) is 62.5 Å². The summed E-state index contributed by atoms with van der Waals surface area (Å²) in [6, 6.07) is 0. The molecule has 0 aliphatic heterocycles. The highest BCUT2D eigenvalue weighted by atomic mass is 16.7. The van der Waals surface area contributed by atoms with E-state index < -0.39 is 18.4 Å². The molecule has 0 radical (unpaired) electrons. The monoisotopic (exact) mass is 1390 g/mol. The van der Waals surface area contributed by atoms with Gasteiger partial charge < -0.3 is 28.5 Å². The van der Waals surface area contributed by atoms with Crippen molar-refractivity contribution in [1.29, 1.82) is 0 Å². The van der Waals surface area contributed by atoms with E-state index in [-0.39, 0.29) is 38.2 Å². The minimum atomic E-state index is -1.51. The summed E-state index contributed by atoms with van der Waals surface area (Å²) in [6.07, 6.45) is 104. The van der Waals surface area contributed by atoms with Crippen LogP contribution < -0.4 is 0 Å². The van der Waals surface area contributed by atoms with Gasteiger partial charge in [-0.15, -0.1) is 0 Å². The number of ether oxygens (including phenoxy) is 4. The Morgan fingerprint density at radius 1 is 0.303 bits per heavy atom. The van der Waals surface area contributed by atoms with Crippen LogP contribution in [0.3, 0.4) is 0 Å². The molecule has 0 aromatic rings. The van der Waals surface area contributed by atoms with Crippen LogP contribution in [0.2, 0.25) is 0 Å². The number of allylic oxidation sites excluding steroid dienone is 8. The Kier molecular flexibility index (Phi) is 78.7. The molecular weight excluding hydrogens is 1220 g/mol. The molecule has 0 aliphatic rings. The predicted octanol–water partition coefficient (Wildman–Crippen LogP) is 28.4. The van der Waals surface area contributed by atoms with Crippen LogP contribution in [0, 0.1) is 0 Å². The topological polar surface area (TPSA) is 108 Å². The van der Waals surface area contributed by atoms with E-state index in [1.165, 1.54) is 372 Å². The van der Waals surface area contributed by atoms with Crippen molar-refractivity contribution in [3.05, 3.63) is 48.6 Å². The van der Waals surface area contributed by atoms with Gasteiger partial charge in [-0.1, -0.05) is 409 Å². The SMILES string of the molecule is CCCCCCC/C=C\C/C=C\CCCCCCCCCCCCCCCCCCCCCCCCCCCC(=O)OCC(COC(OCC[N+](C)(C)C)C(=O)O)OC(=O)CCCCCCCCCCCCCCCCCCCCCCCCCCC/C=C\C/C=C\CCCCCCC. The summed E-state index contributed by atoms with van der Waals surface area (Å²) < 4.78 is 23.1. The lowest BCUT2D eigenvalue weighted by atomic mass is 10.0. The van der Waals surface area contributed by atoms with Crippen molar-refractivity contribution in [3.8, 4) is 0 Å². The number of unbranched alkanes of at least 4 members (excludes halogenated alkanes) is 60. The van der Waals surface area contributed by atoms with Crippen molar-refractivity contribution < 1.29 is 42.9 Å². The molecule has 0 saturated heterocycles. The molecule has 0 heterocycles. The molecule has 0 aromatic carbocycles. The number of nitrogens with zero attached hydrogens (tertiary/aromatic N) is 1.